The number of nitrogen functional groups attached to an aromatic ring is 1. The number of carbonyl (C=O) groups is 2. The third kappa shape index (κ3) is 8.10. The number of benzene rings is 3. The lowest BCUT2D eigenvalue weighted by Crippen LogP contribution is -2.22. The SMILES string of the molecule is C[C@H](CC/C=C/C(=O)Nc1ccccc1N)[C@@H](OC(=O)Nc1ccc(C#N)cc1)c1cc(Br)cc(Br)c1O. The molecule has 8 nitrogen and oxygen atoms in total. The molecular formula is C28H26Br2N4O4. The molecule has 0 aromatic heterocycles. The van der Waals surface area contributed by atoms with Gasteiger partial charge in [0.15, 0.2) is 0 Å². The molecule has 10 heteroatoms. The Morgan fingerprint density at radius 1 is 1.13 bits per heavy atom. The minimum atomic E-state index is -0.798. The van der Waals surface area contributed by atoms with Gasteiger partial charge in [-0.1, -0.05) is 41.1 Å². The summed E-state index contributed by atoms with van der Waals surface area (Å²) < 4.78 is 6.93. The minimum Gasteiger partial charge on any atom is -0.506 e. The summed E-state index contributed by atoms with van der Waals surface area (Å²) in [6.07, 6.45) is 2.72. The molecule has 0 radical (unpaired) electrons. The predicted molar refractivity (Wildman–Crippen MR) is 155 cm³/mol. The Morgan fingerprint density at radius 3 is 2.53 bits per heavy atom. The van der Waals surface area contributed by atoms with Crippen molar-refractivity contribution in [1.29, 1.82) is 5.26 Å². The highest BCUT2D eigenvalue weighted by atomic mass is 79.9. The molecule has 3 rings (SSSR count). The monoisotopic (exact) mass is 640 g/mol. The smallest absolute Gasteiger partial charge is 0.412 e. The van der Waals surface area contributed by atoms with Crippen LogP contribution in [0.5, 0.6) is 5.75 Å². The number of para-hydroxylation sites is 2. The number of ether oxygens (including phenoxy) is 1. The Labute approximate surface area is 237 Å². The number of amides is 2. The number of phenols is 1. The van der Waals surface area contributed by atoms with Crippen LogP contribution in [0.4, 0.5) is 21.9 Å². The van der Waals surface area contributed by atoms with Crippen LogP contribution in [0.2, 0.25) is 0 Å². The van der Waals surface area contributed by atoms with E-state index < -0.39 is 12.2 Å². The lowest BCUT2D eigenvalue weighted by atomic mass is 9.92. The van der Waals surface area contributed by atoms with Crippen molar-refractivity contribution in [3.05, 3.63) is 92.9 Å². The quantitative estimate of drug-likeness (QED) is 0.143. The van der Waals surface area contributed by atoms with Gasteiger partial charge >= 0.3 is 6.09 Å². The fourth-order valence-corrected chi connectivity index (χ4v) is 4.92. The van der Waals surface area contributed by atoms with Crippen LogP contribution in [-0.4, -0.2) is 17.1 Å². The number of hydrogen-bond acceptors (Lipinski definition) is 6. The molecule has 38 heavy (non-hydrogen) atoms. The van der Waals surface area contributed by atoms with Crippen molar-refractivity contribution in [3.63, 3.8) is 0 Å². The predicted octanol–water partition coefficient (Wildman–Crippen LogP) is 7.27. The average Bonchev–Trinajstić information content (AvgIpc) is 2.89. The van der Waals surface area contributed by atoms with Crippen LogP contribution in [0.1, 0.15) is 37.0 Å². The van der Waals surface area contributed by atoms with Gasteiger partial charge in [-0.2, -0.15) is 5.26 Å². The van der Waals surface area contributed by atoms with Crippen molar-refractivity contribution in [3.8, 4) is 11.8 Å². The molecule has 0 unspecified atom stereocenters. The van der Waals surface area contributed by atoms with Crippen LogP contribution in [0.25, 0.3) is 0 Å². The highest BCUT2D eigenvalue weighted by molar-refractivity contribution is 9.11. The van der Waals surface area contributed by atoms with E-state index in [-0.39, 0.29) is 17.6 Å². The number of carbonyl (C=O) groups excluding carboxylic acids is 2. The second-order valence-electron chi connectivity index (χ2n) is 8.50. The van der Waals surface area contributed by atoms with Crippen molar-refractivity contribution in [2.24, 2.45) is 5.92 Å². The van der Waals surface area contributed by atoms with E-state index in [9.17, 15) is 14.7 Å². The number of anilines is 3. The van der Waals surface area contributed by atoms with E-state index in [1.165, 1.54) is 6.08 Å². The van der Waals surface area contributed by atoms with Gasteiger partial charge in [0, 0.05) is 15.7 Å². The third-order valence-corrected chi connectivity index (χ3v) is 6.71. The highest BCUT2D eigenvalue weighted by Gasteiger charge is 2.27. The van der Waals surface area contributed by atoms with E-state index in [1.807, 2.05) is 13.0 Å². The maximum atomic E-state index is 12.8. The average molecular weight is 642 g/mol. The molecule has 2 amide bonds. The molecule has 3 aromatic carbocycles. The number of halogens is 2. The Morgan fingerprint density at radius 2 is 1.84 bits per heavy atom. The third-order valence-electron chi connectivity index (χ3n) is 5.65. The molecule has 0 saturated heterocycles. The first-order chi connectivity index (χ1) is 18.2. The van der Waals surface area contributed by atoms with Crippen molar-refractivity contribution >= 4 is 60.9 Å². The molecule has 0 saturated carbocycles. The molecule has 5 N–H and O–H groups in total. The minimum absolute atomic E-state index is 0.0356. The maximum absolute atomic E-state index is 12.8. The number of phenolic OH excluding ortho intramolecular Hbond substituents is 1. The first kappa shape index (κ1) is 28.8. The summed E-state index contributed by atoms with van der Waals surface area (Å²) in [5, 5.41) is 25.1. The lowest BCUT2D eigenvalue weighted by molar-refractivity contribution is -0.111. The Hall–Kier alpha value is -3.81. The molecule has 196 valence electrons. The lowest BCUT2D eigenvalue weighted by Gasteiger charge is -2.26. The molecule has 0 aliphatic heterocycles. The van der Waals surface area contributed by atoms with Gasteiger partial charge in [-0.3, -0.25) is 10.1 Å². The number of hydrogen-bond donors (Lipinski definition) is 4. The normalized spacial score (nSPS) is 12.4. The molecule has 0 spiro atoms. The number of allylic oxidation sites excluding steroid dienone is 1. The van der Waals surface area contributed by atoms with Crippen molar-refractivity contribution in [2.45, 2.75) is 25.9 Å². The van der Waals surface area contributed by atoms with E-state index in [4.69, 9.17) is 15.7 Å². The summed E-state index contributed by atoms with van der Waals surface area (Å²) in [4.78, 5) is 25.0. The number of rotatable bonds is 9. The van der Waals surface area contributed by atoms with Crippen LogP contribution in [0, 0.1) is 17.2 Å². The van der Waals surface area contributed by atoms with Crippen molar-refractivity contribution in [1.82, 2.24) is 0 Å². The molecule has 3 aromatic rings. The Kier molecular flexibility index (Phi) is 10.3. The van der Waals surface area contributed by atoms with Gasteiger partial charge in [0.1, 0.15) is 11.9 Å². The second kappa shape index (κ2) is 13.7. The number of aromatic hydroxyl groups is 1. The number of nitrogens with one attached hydrogen (secondary N) is 2. The summed E-state index contributed by atoms with van der Waals surface area (Å²) in [5.74, 6) is -0.573. The Balaban J connectivity index is 1.69. The van der Waals surface area contributed by atoms with Gasteiger partial charge in [-0.25, -0.2) is 4.79 Å². The zero-order chi connectivity index (χ0) is 27.7. The molecule has 2 atom stereocenters. The number of nitrogens with two attached hydrogens (primary N) is 1. The van der Waals surface area contributed by atoms with Crippen LogP contribution in [-0.2, 0) is 9.53 Å². The van der Waals surface area contributed by atoms with Gasteiger partial charge in [0.2, 0.25) is 5.91 Å². The molecular weight excluding hydrogens is 616 g/mol. The van der Waals surface area contributed by atoms with E-state index in [0.717, 1.165) is 0 Å². The van der Waals surface area contributed by atoms with Crippen LogP contribution >= 0.6 is 31.9 Å². The zero-order valence-electron chi connectivity index (χ0n) is 20.4. The fourth-order valence-electron chi connectivity index (χ4n) is 3.67. The van der Waals surface area contributed by atoms with Gasteiger partial charge in [-0.05, 0) is 89.3 Å². The highest BCUT2D eigenvalue weighted by Crippen LogP contribution is 2.40. The largest absolute Gasteiger partial charge is 0.506 e. The van der Waals surface area contributed by atoms with E-state index >= 15 is 0 Å². The first-order valence-electron chi connectivity index (χ1n) is 11.7. The maximum Gasteiger partial charge on any atom is 0.412 e. The van der Waals surface area contributed by atoms with Crippen LogP contribution in [0.15, 0.2) is 81.8 Å². The molecule has 0 bridgehead atoms. The van der Waals surface area contributed by atoms with Crippen molar-refractivity contribution < 1.29 is 19.4 Å². The van der Waals surface area contributed by atoms with E-state index in [0.29, 0.717) is 50.0 Å². The van der Waals surface area contributed by atoms with Crippen LogP contribution < -0.4 is 16.4 Å². The second-order valence-corrected chi connectivity index (χ2v) is 10.3. The van der Waals surface area contributed by atoms with Crippen LogP contribution in [0.3, 0.4) is 0 Å². The number of nitriles is 1. The van der Waals surface area contributed by atoms with Gasteiger partial charge in [0.25, 0.3) is 0 Å². The van der Waals surface area contributed by atoms with Crippen molar-refractivity contribution in [2.75, 3.05) is 16.4 Å². The summed E-state index contributed by atoms with van der Waals surface area (Å²) in [7, 11) is 0. The van der Waals surface area contributed by atoms with Gasteiger partial charge in [-0.15, -0.1) is 0 Å². The standard InChI is InChI=1S/C28H26Br2N4O4/c1-17(6-2-5-9-25(35)34-24-8-4-3-7-23(24)32)27(21-14-19(29)15-22(30)26(21)36)38-28(37)33-20-12-10-18(16-31)11-13-20/h3-5,7-15,17,27,36H,2,6,32H2,1H3,(H,33,37)(H,34,35)/b9-5+/t17-,27-/m1/s1. The Bertz CT molecular complexity index is 1370. The summed E-state index contributed by atoms with van der Waals surface area (Å²) in [6.45, 7) is 1.90. The topological polar surface area (TPSA) is 137 Å². The molecule has 0 aliphatic rings. The van der Waals surface area contributed by atoms with Gasteiger partial charge < -0.3 is 20.9 Å². The summed E-state index contributed by atoms with van der Waals surface area (Å²) in [5.41, 5.74) is 8.23. The summed E-state index contributed by atoms with van der Waals surface area (Å²) in [6, 6.07) is 18.8. The van der Waals surface area contributed by atoms with E-state index in [1.54, 1.807) is 66.7 Å². The number of nitrogens with zero attached hydrogens (tertiary/aromatic N) is 1. The fraction of sp³-hybridized carbons (Fsp3) is 0.179. The zero-order valence-corrected chi connectivity index (χ0v) is 23.6. The van der Waals surface area contributed by atoms with E-state index in [2.05, 4.69) is 42.5 Å². The molecule has 0 heterocycles. The molecule has 0 aliphatic carbocycles. The molecule has 0 fully saturated rings. The first-order valence-corrected chi connectivity index (χ1v) is 13.2. The summed E-state index contributed by atoms with van der Waals surface area (Å²) >= 11 is 6.75. The van der Waals surface area contributed by atoms with Gasteiger partial charge in [0.05, 0.1) is 27.5 Å².